The third-order valence-corrected chi connectivity index (χ3v) is 15.5. The zero-order valence-electron chi connectivity index (χ0n) is 29.9. The van der Waals surface area contributed by atoms with Gasteiger partial charge < -0.3 is 24.3 Å². The van der Waals surface area contributed by atoms with Gasteiger partial charge in [0, 0.05) is 33.2 Å². The number of Topliss-reactive ketones (excluding diaryl/α,β-unsaturated/α-hetero) is 1. The minimum absolute atomic E-state index is 0.0391. The van der Waals surface area contributed by atoms with Crippen molar-refractivity contribution in [1.82, 2.24) is 4.90 Å². The van der Waals surface area contributed by atoms with Gasteiger partial charge in [0.05, 0.1) is 24.5 Å². The molecule has 1 amide bonds. The molecule has 2 heterocycles. The number of nitrogens with zero attached hydrogens (tertiary/aromatic N) is 1. The molecule has 52 heavy (non-hydrogen) atoms. The number of hydrogen-bond donors (Lipinski definition) is 2. The summed E-state index contributed by atoms with van der Waals surface area (Å²) in [5.74, 6) is 0.831. The number of carbonyl (C=O) groups excluding carboxylic acids is 2. The molecule has 2 aromatic heterocycles. The van der Waals surface area contributed by atoms with Crippen molar-refractivity contribution >= 4 is 34.0 Å². The zero-order valence-corrected chi connectivity index (χ0v) is 30.7. The van der Waals surface area contributed by atoms with Gasteiger partial charge in [-0.25, -0.2) is 4.79 Å². The maximum absolute atomic E-state index is 14.5. The van der Waals surface area contributed by atoms with Crippen molar-refractivity contribution in [2.75, 3.05) is 13.1 Å². The fraction of sp³-hybridized carbons (Fsp3) is 0.455. The van der Waals surface area contributed by atoms with Crippen molar-refractivity contribution < 1.29 is 29.0 Å². The molecule has 3 fully saturated rings. The first kappa shape index (κ1) is 33.8. The summed E-state index contributed by atoms with van der Waals surface area (Å²) >= 11 is 1.66. The number of amides is 1. The van der Waals surface area contributed by atoms with E-state index in [-0.39, 0.29) is 29.6 Å². The first-order valence-corrected chi connectivity index (χ1v) is 19.8. The molecule has 0 saturated heterocycles. The first-order valence-electron chi connectivity index (χ1n) is 18.9. The van der Waals surface area contributed by atoms with Crippen molar-refractivity contribution in [2.24, 2.45) is 33.5 Å². The Balaban J connectivity index is 1.07. The average Bonchev–Trinajstić information content (AvgIpc) is 3.92. The predicted molar refractivity (Wildman–Crippen MR) is 201 cm³/mol. The minimum Gasteiger partial charge on any atom is -0.461 e. The number of fused-ring (bicyclic) bond motifs is 2. The van der Waals surface area contributed by atoms with Crippen LogP contribution in [0.25, 0.3) is 10.8 Å². The van der Waals surface area contributed by atoms with Crippen molar-refractivity contribution in [3.63, 3.8) is 0 Å². The second-order valence-electron chi connectivity index (χ2n) is 16.7. The van der Waals surface area contributed by atoms with E-state index in [1.54, 1.807) is 34.6 Å². The molecule has 0 radical (unpaired) electrons. The van der Waals surface area contributed by atoms with Gasteiger partial charge in [0.15, 0.2) is 5.76 Å². The Hall–Kier alpha value is -3.98. The van der Waals surface area contributed by atoms with Crippen LogP contribution in [0.5, 0.6) is 5.75 Å². The van der Waals surface area contributed by atoms with Crippen LogP contribution in [0.2, 0.25) is 0 Å². The number of hydrogen-bond acceptors (Lipinski definition) is 7. The molecule has 2 spiro atoms. The standard InChI is InChI=1S/C44H47NO6S/c1-40-17-13-31(46)26-42(40)20-21-44(34(27-42)38(47)35-10-5-23-50-35)36(40)14-18-41(2)37(44)15-19-43(41,49)28-45(22-16-33-9-6-24-52-33)39(48)51-32-12-11-29-7-3-4-8-30(29)25-32/h3-12,20-21,23-25,27,31,36-37,46,49H,13-19,22,26,28H2,1-2H3/t31?,36-,37-,40-,41+,42+,43-,44-/m1/s1. The molecule has 6 aliphatic rings. The number of benzene rings is 2. The van der Waals surface area contributed by atoms with Crippen LogP contribution < -0.4 is 4.74 Å². The Morgan fingerprint density at radius 1 is 0.923 bits per heavy atom. The Morgan fingerprint density at radius 3 is 2.50 bits per heavy atom. The normalized spacial score (nSPS) is 35.8. The number of rotatable bonds is 8. The van der Waals surface area contributed by atoms with Crippen LogP contribution in [0.15, 0.2) is 107 Å². The number of allylic oxidation sites excluding steroid dienone is 4. The van der Waals surface area contributed by atoms with Gasteiger partial charge in [0.25, 0.3) is 0 Å². The molecular formula is C44H47NO6S. The number of aliphatic hydroxyl groups is 2. The summed E-state index contributed by atoms with van der Waals surface area (Å²) in [5.41, 5.74) is -2.20. The lowest BCUT2D eigenvalue weighted by atomic mass is 9.32. The van der Waals surface area contributed by atoms with Gasteiger partial charge in [0.2, 0.25) is 5.78 Å². The Bertz CT molecular complexity index is 2090. The second-order valence-corrected chi connectivity index (χ2v) is 17.8. The number of carbonyl (C=O) groups is 2. The molecule has 6 aliphatic carbocycles. The van der Waals surface area contributed by atoms with Gasteiger partial charge >= 0.3 is 6.09 Å². The number of furan rings is 1. The summed E-state index contributed by atoms with van der Waals surface area (Å²) in [7, 11) is 0. The average molecular weight is 718 g/mol. The molecule has 8 heteroatoms. The van der Waals surface area contributed by atoms with E-state index < -0.39 is 34.0 Å². The van der Waals surface area contributed by atoms with E-state index in [1.807, 2.05) is 53.9 Å². The van der Waals surface area contributed by atoms with E-state index in [2.05, 4.69) is 38.1 Å². The fourth-order valence-electron chi connectivity index (χ4n) is 11.8. The lowest BCUT2D eigenvalue weighted by Gasteiger charge is -2.71. The predicted octanol–water partition coefficient (Wildman–Crippen LogP) is 9.01. The van der Waals surface area contributed by atoms with Gasteiger partial charge in [-0.1, -0.05) is 68.5 Å². The van der Waals surface area contributed by atoms with Crippen LogP contribution >= 0.6 is 11.3 Å². The highest BCUT2D eigenvalue weighted by atomic mass is 32.1. The lowest BCUT2D eigenvalue weighted by Crippen LogP contribution is -2.67. The van der Waals surface area contributed by atoms with Crippen molar-refractivity contribution in [2.45, 2.75) is 76.9 Å². The van der Waals surface area contributed by atoms with Crippen LogP contribution in [-0.2, 0) is 6.42 Å². The highest BCUT2D eigenvalue weighted by molar-refractivity contribution is 7.09. The Morgan fingerprint density at radius 2 is 1.71 bits per heavy atom. The third kappa shape index (κ3) is 4.83. The SMILES string of the molecule is C[C@]12CC[C@H]3[C@]4(C=C[C@@]5(C=C4C(=O)c4ccco4)CC(O)CC[C@]35C)[C@@H]1CC[C@@]2(O)CN(CCc1cccs1)C(=O)Oc1ccc2ccccc2c1. The quantitative estimate of drug-likeness (QED) is 0.139. The van der Waals surface area contributed by atoms with Crippen LogP contribution in [0.4, 0.5) is 4.79 Å². The van der Waals surface area contributed by atoms with Gasteiger partial charge in [-0.05, 0) is 115 Å². The van der Waals surface area contributed by atoms with Crippen LogP contribution in [0, 0.1) is 33.5 Å². The van der Waals surface area contributed by atoms with Crippen LogP contribution in [0.1, 0.15) is 74.2 Å². The molecule has 8 atom stereocenters. The van der Waals surface area contributed by atoms with Gasteiger partial charge in [-0.2, -0.15) is 0 Å². The van der Waals surface area contributed by atoms with Gasteiger partial charge in [-0.3, -0.25) is 4.79 Å². The molecule has 1 unspecified atom stereocenters. The highest BCUT2D eigenvalue weighted by Crippen LogP contribution is 2.78. The van der Waals surface area contributed by atoms with E-state index in [0.717, 1.165) is 48.4 Å². The van der Waals surface area contributed by atoms with Gasteiger partial charge in [0.1, 0.15) is 5.75 Å². The number of aliphatic hydroxyl groups excluding tert-OH is 1. The van der Waals surface area contributed by atoms with E-state index in [1.165, 1.54) is 4.88 Å². The molecule has 2 aromatic carbocycles. The highest BCUT2D eigenvalue weighted by Gasteiger charge is 2.74. The van der Waals surface area contributed by atoms with Crippen molar-refractivity contribution in [3.05, 3.63) is 113 Å². The monoisotopic (exact) mass is 717 g/mol. The second kappa shape index (κ2) is 12.0. The topological polar surface area (TPSA) is 100 Å². The smallest absolute Gasteiger partial charge is 0.415 e. The summed E-state index contributed by atoms with van der Waals surface area (Å²) in [6.07, 6.45) is 13.2. The summed E-state index contributed by atoms with van der Waals surface area (Å²) in [5, 5.41) is 28.1. The summed E-state index contributed by atoms with van der Waals surface area (Å²) in [6.45, 7) is 5.13. The molecule has 10 rings (SSSR count). The van der Waals surface area contributed by atoms with E-state index in [4.69, 9.17) is 9.15 Å². The summed E-state index contributed by atoms with van der Waals surface area (Å²) < 4.78 is 11.8. The zero-order chi connectivity index (χ0) is 35.9. The summed E-state index contributed by atoms with van der Waals surface area (Å²) in [6, 6.07) is 21.3. The van der Waals surface area contributed by atoms with E-state index in [0.29, 0.717) is 37.3 Å². The molecule has 2 N–H and O–H groups in total. The fourth-order valence-corrected chi connectivity index (χ4v) is 12.5. The third-order valence-electron chi connectivity index (χ3n) is 14.5. The molecule has 7 nitrogen and oxygen atoms in total. The molecule has 3 saturated carbocycles. The molecular weight excluding hydrogens is 671 g/mol. The molecule has 270 valence electrons. The largest absolute Gasteiger partial charge is 0.461 e. The maximum atomic E-state index is 14.5. The van der Waals surface area contributed by atoms with Crippen LogP contribution in [0.3, 0.4) is 0 Å². The molecule has 4 aromatic rings. The number of ether oxygens (including phenoxy) is 1. The van der Waals surface area contributed by atoms with Crippen molar-refractivity contribution in [1.29, 1.82) is 0 Å². The Labute approximate surface area is 309 Å². The van der Waals surface area contributed by atoms with E-state index >= 15 is 0 Å². The maximum Gasteiger partial charge on any atom is 0.415 e. The number of ketones is 1. The number of thiophene rings is 1. The van der Waals surface area contributed by atoms with Gasteiger partial charge in [-0.15, -0.1) is 11.3 Å². The lowest BCUT2D eigenvalue weighted by molar-refractivity contribution is -0.175. The first-order chi connectivity index (χ1) is 25.0. The van der Waals surface area contributed by atoms with Crippen molar-refractivity contribution in [3.8, 4) is 5.75 Å². The minimum atomic E-state index is -1.21. The summed E-state index contributed by atoms with van der Waals surface area (Å²) in [4.78, 5) is 31.6. The Kier molecular flexibility index (Phi) is 7.82. The molecule has 2 bridgehead atoms. The molecule has 0 aliphatic heterocycles. The van der Waals surface area contributed by atoms with E-state index in [9.17, 15) is 19.8 Å². The van der Waals surface area contributed by atoms with Crippen LogP contribution in [-0.4, -0.2) is 51.8 Å².